The van der Waals surface area contributed by atoms with E-state index in [1.54, 1.807) is 17.2 Å². The van der Waals surface area contributed by atoms with Crippen LogP contribution in [0.2, 0.25) is 15.7 Å². The van der Waals surface area contributed by atoms with Crippen molar-refractivity contribution in [1.82, 2.24) is 0 Å². The van der Waals surface area contributed by atoms with E-state index in [9.17, 15) is 0 Å². The van der Waals surface area contributed by atoms with Crippen molar-refractivity contribution in [2.24, 2.45) is 0 Å². The Bertz CT molecular complexity index is 2380. The van der Waals surface area contributed by atoms with Crippen LogP contribution in [0.5, 0.6) is 0 Å². The summed E-state index contributed by atoms with van der Waals surface area (Å²) in [6, 6.07) is 67.2. The molecule has 0 atom stereocenters. The van der Waals surface area contributed by atoms with E-state index >= 15 is 0 Å². The Morgan fingerprint density at radius 2 is 0.603 bits per heavy atom. The molecule has 0 saturated carbocycles. The van der Waals surface area contributed by atoms with Gasteiger partial charge in [0.25, 0.3) is 0 Å². The zero-order chi connectivity index (χ0) is 44.1. The number of hydrogen-bond donors (Lipinski definition) is 0. The molecular formula is C60H66Ti3. The molecule has 0 fully saturated rings. The quantitative estimate of drug-likeness (QED) is 0.107. The maximum absolute atomic E-state index is 2.93. The van der Waals surface area contributed by atoms with Gasteiger partial charge in [-0.25, -0.2) is 0 Å². The molecule has 3 aliphatic rings. The summed E-state index contributed by atoms with van der Waals surface area (Å²) in [6.07, 6.45) is 17.4. The Morgan fingerprint density at radius 1 is 0.333 bits per heavy atom. The number of rotatable bonds is 12. The molecule has 0 saturated heterocycles. The summed E-state index contributed by atoms with van der Waals surface area (Å²) < 4.78 is 13.5. The van der Waals surface area contributed by atoms with Crippen molar-refractivity contribution in [3.63, 3.8) is 0 Å². The summed E-state index contributed by atoms with van der Waals surface area (Å²) in [5.74, 6) is 0. The third kappa shape index (κ3) is 11.6. The summed E-state index contributed by atoms with van der Waals surface area (Å²) in [6.45, 7) is 6.86. The second-order valence-electron chi connectivity index (χ2n) is 18.7. The van der Waals surface area contributed by atoms with Crippen LogP contribution in [0.3, 0.4) is 0 Å². The third-order valence-electron chi connectivity index (χ3n) is 13.3. The van der Waals surface area contributed by atoms with Crippen molar-refractivity contribution >= 4 is 11.6 Å². The van der Waals surface area contributed by atoms with Crippen LogP contribution in [0, 0.1) is 0 Å². The molecule has 0 spiro atoms. The maximum atomic E-state index is 2.46. The van der Waals surface area contributed by atoms with E-state index in [-0.39, 0.29) is 0 Å². The molecule has 318 valence electrons. The first-order chi connectivity index (χ1) is 30.6. The number of allylic oxidation sites excluding steroid dienone is 12. The molecule has 3 heteroatoms. The van der Waals surface area contributed by atoms with E-state index in [4.69, 9.17) is 0 Å². The van der Waals surface area contributed by atoms with Gasteiger partial charge in [0, 0.05) is 0 Å². The molecule has 0 N–H and O–H groups in total. The predicted octanol–water partition coefficient (Wildman–Crippen LogP) is 14.8. The van der Waals surface area contributed by atoms with Gasteiger partial charge in [-0.05, 0) is 0 Å². The fourth-order valence-corrected chi connectivity index (χ4v) is 30.3. The molecule has 9 rings (SSSR count). The van der Waals surface area contributed by atoms with Crippen molar-refractivity contribution < 1.29 is 49.8 Å². The Labute approximate surface area is 391 Å². The van der Waals surface area contributed by atoms with E-state index < -0.39 is 49.8 Å². The molecule has 0 aliphatic heterocycles. The van der Waals surface area contributed by atoms with Crippen LogP contribution < -0.4 is 11.6 Å². The van der Waals surface area contributed by atoms with Gasteiger partial charge in [-0.2, -0.15) is 0 Å². The topological polar surface area (TPSA) is 0 Å². The van der Waals surface area contributed by atoms with E-state index in [0.29, 0.717) is 0 Å². The summed E-state index contributed by atoms with van der Waals surface area (Å²) in [5, 5.41) is 7.39. The molecule has 0 heterocycles. The fraction of sp³-hybridized carbons (Fsp3) is 0.200. The number of hydrogen-bond acceptors (Lipinski definition) is 0. The number of benzene rings is 6. The van der Waals surface area contributed by atoms with Crippen LogP contribution in [0.1, 0.15) is 56.7 Å². The fourth-order valence-electron chi connectivity index (χ4n) is 10.4. The van der Waals surface area contributed by atoms with Gasteiger partial charge >= 0.3 is 395 Å². The van der Waals surface area contributed by atoms with E-state index in [0.717, 1.165) is 12.8 Å². The second kappa shape index (κ2) is 22.2. The third-order valence-corrected chi connectivity index (χ3v) is 33.0. The van der Waals surface area contributed by atoms with Crippen LogP contribution in [0.15, 0.2) is 247 Å². The average molecular weight is 931 g/mol. The van der Waals surface area contributed by atoms with Crippen molar-refractivity contribution in [3.05, 3.63) is 263 Å². The van der Waals surface area contributed by atoms with Crippen LogP contribution >= 0.6 is 0 Å². The average Bonchev–Trinajstić information content (AvgIpc) is 4.08. The van der Waals surface area contributed by atoms with Crippen LogP contribution in [0.25, 0.3) is 0 Å². The summed E-state index contributed by atoms with van der Waals surface area (Å²) in [5.41, 5.74) is 9.04. The van der Waals surface area contributed by atoms with Crippen LogP contribution in [0.4, 0.5) is 0 Å². The van der Waals surface area contributed by atoms with Gasteiger partial charge in [-0.3, -0.25) is 0 Å². The van der Waals surface area contributed by atoms with E-state index in [1.165, 1.54) is 60.0 Å². The van der Waals surface area contributed by atoms with Crippen LogP contribution in [-0.4, -0.2) is 0 Å². The van der Waals surface area contributed by atoms with Gasteiger partial charge in [0.15, 0.2) is 0 Å². The summed E-state index contributed by atoms with van der Waals surface area (Å²) in [4.78, 5) is 0. The standard InChI is InChI=1S/3C7H7.3C6H7.3C6H5.3CH3.3Ti/c3*1-7-5-3-2-4-6-7;3*1-6-4-2-3-5-6;3*1-2-4-6-5-3-1;;;;;;/h3*2-6H,1H2;3*2,4H,3H2,1H3;3*1-5H;3*1H3;;;. The monoisotopic (exact) mass is 930 g/mol. The molecule has 0 nitrogen and oxygen atoms in total. The van der Waals surface area contributed by atoms with Gasteiger partial charge in [0.05, 0.1) is 0 Å². The van der Waals surface area contributed by atoms with Crippen molar-refractivity contribution in [1.29, 1.82) is 0 Å². The summed E-state index contributed by atoms with van der Waals surface area (Å²) >= 11 is -6.87. The molecule has 6 aromatic rings. The normalized spacial score (nSPS) is 14.8. The zero-order valence-electron chi connectivity index (χ0n) is 38.5. The second-order valence-corrected chi connectivity index (χ2v) is 39.2. The van der Waals surface area contributed by atoms with Gasteiger partial charge < -0.3 is 0 Å². The first-order valence-electron chi connectivity index (χ1n) is 23.0. The Morgan fingerprint density at radius 3 is 0.857 bits per heavy atom. The molecule has 0 unspecified atom stereocenters. The predicted molar refractivity (Wildman–Crippen MR) is 266 cm³/mol. The SMILES string of the molecule is CC1=[C]([Ti]([CH2]c2ccccc2)([CH2]c2ccccc2)[CH2]c2ccccc2)CC=C1.CC1=[C]([Ti]([CH3])([CH3])[CH3])CC=C1.CC1=[C]([Ti]([c]2ccccc2)([c]2ccccc2)[c]2ccccc2)CC=C1. The first kappa shape index (κ1) is 46.9. The minimum atomic E-state index is -2.93. The van der Waals surface area contributed by atoms with Crippen molar-refractivity contribution in [2.45, 2.75) is 69.9 Å². The molecule has 0 radical (unpaired) electrons. The molecule has 0 bridgehead atoms. The van der Waals surface area contributed by atoms with E-state index in [1.807, 2.05) is 0 Å². The zero-order valence-corrected chi connectivity index (χ0v) is 43.2. The Hall–Kier alpha value is -4.10. The summed E-state index contributed by atoms with van der Waals surface area (Å²) in [7, 11) is 0. The van der Waals surface area contributed by atoms with Gasteiger partial charge in [-0.15, -0.1) is 0 Å². The molecule has 63 heavy (non-hydrogen) atoms. The van der Waals surface area contributed by atoms with Crippen molar-refractivity contribution in [3.8, 4) is 0 Å². The first-order valence-corrected chi connectivity index (χ1v) is 35.7. The van der Waals surface area contributed by atoms with Crippen molar-refractivity contribution in [2.75, 3.05) is 0 Å². The Balaban J connectivity index is 0.000000156. The van der Waals surface area contributed by atoms with E-state index in [2.05, 4.69) is 255 Å². The Kier molecular flexibility index (Phi) is 16.5. The molecular weight excluding hydrogens is 864 g/mol. The molecule has 0 amide bonds. The molecule has 6 aromatic carbocycles. The molecule has 0 aromatic heterocycles. The van der Waals surface area contributed by atoms with Gasteiger partial charge in [0.2, 0.25) is 0 Å². The minimum absolute atomic E-state index is 1.07. The van der Waals surface area contributed by atoms with Crippen LogP contribution in [-0.2, 0) is 63.9 Å². The van der Waals surface area contributed by atoms with Gasteiger partial charge in [0.1, 0.15) is 0 Å². The molecule has 3 aliphatic carbocycles. The van der Waals surface area contributed by atoms with Gasteiger partial charge in [-0.1, -0.05) is 0 Å².